The molecule has 0 radical (unpaired) electrons. The summed E-state index contributed by atoms with van der Waals surface area (Å²) in [5, 5.41) is 10.7. The second-order valence-corrected chi connectivity index (χ2v) is 15.4. The van der Waals surface area contributed by atoms with Crippen LogP contribution in [0.3, 0.4) is 0 Å². The highest BCUT2D eigenvalue weighted by molar-refractivity contribution is 5.86. The van der Waals surface area contributed by atoms with Gasteiger partial charge in [0.25, 0.3) is 0 Å². The van der Waals surface area contributed by atoms with Crippen molar-refractivity contribution in [3.05, 3.63) is 24.0 Å². The largest absolute Gasteiger partial charge is 0.516 e. The van der Waals surface area contributed by atoms with E-state index in [-0.39, 0.29) is 38.8 Å². The van der Waals surface area contributed by atoms with Gasteiger partial charge in [-0.25, -0.2) is 0 Å². The normalized spacial score (nSPS) is 52.1. The molecule has 5 aliphatic rings. The molecule has 1 aliphatic heterocycles. The Labute approximate surface area is 214 Å². The number of carbonyl (C=O) groups excluding carboxylic acids is 1. The van der Waals surface area contributed by atoms with Crippen LogP contribution in [-0.2, 0) is 9.53 Å². The number of allylic oxidation sites excluding steroid dienone is 2. The molecular formula is C32H50O3. The molecular weight excluding hydrogens is 432 g/mol. The van der Waals surface area contributed by atoms with Gasteiger partial charge < -0.3 is 9.84 Å². The van der Waals surface area contributed by atoms with Crippen LogP contribution in [0.2, 0.25) is 0 Å². The van der Waals surface area contributed by atoms with Gasteiger partial charge in [0.2, 0.25) is 0 Å². The minimum absolute atomic E-state index is 0.0229. The van der Waals surface area contributed by atoms with Gasteiger partial charge in [-0.15, -0.1) is 0 Å². The summed E-state index contributed by atoms with van der Waals surface area (Å²) in [6, 6.07) is 0. The van der Waals surface area contributed by atoms with Crippen molar-refractivity contribution in [2.45, 2.75) is 124 Å². The van der Waals surface area contributed by atoms with E-state index in [9.17, 15) is 9.90 Å². The van der Waals surface area contributed by atoms with E-state index in [1.165, 1.54) is 30.2 Å². The molecule has 5 fully saturated rings. The molecule has 4 saturated carbocycles. The Bertz CT molecular complexity index is 973. The molecule has 3 nitrogen and oxygen atoms in total. The van der Waals surface area contributed by atoms with E-state index in [1.54, 1.807) is 0 Å². The van der Waals surface area contributed by atoms with Gasteiger partial charge in [0.15, 0.2) is 0 Å². The summed E-state index contributed by atoms with van der Waals surface area (Å²) in [6.45, 7) is 23.4. The predicted octanol–water partition coefficient (Wildman–Crippen LogP) is 8.20. The van der Waals surface area contributed by atoms with Gasteiger partial charge >= 0.3 is 0 Å². The molecule has 1 heterocycles. The van der Waals surface area contributed by atoms with Gasteiger partial charge in [-0.05, 0) is 118 Å². The van der Waals surface area contributed by atoms with Crippen molar-refractivity contribution in [2.75, 3.05) is 0 Å². The molecule has 0 aromatic rings. The number of hydrogen-bond acceptors (Lipinski definition) is 3. The van der Waals surface area contributed by atoms with Gasteiger partial charge in [0.05, 0.1) is 17.5 Å². The van der Waals surface area contributed by atoms with Crippen molar-refractivity contribution in [1.29, 1.82) is 0 Å². The van der Waals surface area contributed by atoms with E-state index < -0.39 is 0 Å². The molecule has 3 unspecified atom stereocenters. The van der Waals surface area contributed by atoms with Crippen molar-refractivity contribution in [3.63, 3.8) is 0 Å². The van der Waals surface area contributed by atoms with Crippen LogP contribution in [0.4, 0.5) is 0 Å². The Kier molecular flexibility index (Phi) is 5.47. The number of ether oxygens (including phenoxy) is 1. The summed E-state index contributed by atoms with van der Waals surface area (Å²) in [5.41, 5.74) is 2.13. The Morgan fingerprint density at radius 3 is 2.29 bits per heavy atom. The summed E-state index contributed by atoms with van der Waals surface area (Å²) < 4.78 is 6.90. The number of ketones is 1. The van der Waals surface area contributed by atoms with Crippen LogP contribution in [0.1, 0.15) is 113 Å². The number of aliphatic hydroxyl groups excluding tert-OH is 1. The molecule has 1 N–H and O–H groups in total. The summed E-state index contributed by atoms with van der Waals surface area (Å²) in [6.07, 6.45) is 10.8. The maximum Gasteiger partial charge on any atom is 0.139 e. The summed E-state index contributed by atoms with van der Waals surface area (Å²) in [5.74, 6) is 1.80. The fraction of sp³-hybridized carbons (Fsp3) is 0.844. The molecule has 0 aromatic carbocycles. The summed E-state index contributed by atoms with van der Waals surface area (Å²) >= 11 is 0. The SMILES string of the molecule is C=C1C[C@]2(C)C(C/C(=C\O)C3[C@@H]([C@@]4(C)CCCC(C)(C)O4)CC[C@]32C)[C@@]2(C)CCC(=O)C(C)(C)C12. The lowest BCUT2D eigenvalue weighted by Crippen LogP contribution is -2.64. The number of aliphatic hydroxyl groups is 1. The van der Waals surface area contributed by atoms with Gasteiger partial charge in [-0.3, -0.25) is 4.79 Å². The molecule has 5 rings (SSSR count). The van der Waals surface area contributed by atoms with Crippen LogP contribution >= 0.6 is 0 Å². The Morgan fingerprint density at radius 2 is 1.66 bits per heavy atom. The Balaban J connectivity index is 1.59. The van der Waals surface area contributed by atoms with E-state index in [0.717, 1.165) is 38.5 Å². The highest BCUT2D eigenvalue weighted by Gasteiger charge is 2.71. The average Bonchev–Trinajstić information content (AvgIpc) is 3.10. The van der Waals surface area contributed by atoms with E-state index in [4.69, 9.17) is 11.3 Å². The average molecular weight is 483 g/mol. The third-order valence-corrected chi connectivity index (χ3v) is 12.7. The van der Waals surface area contributed by atoms with Crippen molar-refractivity contribution < 1.29 is 14.6 Å². The quantitative estimate of drug-likeness (QED) is 0.303. The third kappa shape index (κ3) is 3.21. The number of Topliss-reactive ketones (excluding diaryl/α,β-unsaturated/α-hetero) is 1. The maximum atomic E-state index is 13.1. The van der Waals surface area contributed by atoms with E-state index in [1.807, 2.05) is 0 Å². The van der Waals surface area contributed by atoms with Gasteiger partial charge in [0, 0.05) is 11.8 Å². The van der Waals surface area contributed by atoms with Crippen LogP contribution in [0.15, 0.2) is 24.0 Å². The number of carbonyl (C=O) groups is 1. The third-order valence-electron chi connectivity index (χ3n) is 12.7. The first kappa shape index (κ1) is 25.6. The molecule has 196 valence electrons. The molecule has 0 bridgehead atoms. The van der Waals surface area contributed by atoms with Crippen LogP contribution in [0.25, 0.3) is 0 Å². The molecule has 0 amide bonds. The number of hydrogen-bond donors (Lipinski definition) is 1. The fourth-order valence-corrected chi connectivity index (χ4v) is 11.2. The monoisotopic (exact) mass is 482 g/mol. The topological polar surface area (TPSA) is 46.5 Å². The van der Waals surface area contributed by atoms with Crippen LogP contribution in [-0.4, -0.2) is 22.1 Å². The van der Waals surface area contributed by atoms with Gasteiger partial charge in [0.1, 0.15) is 5.78 Å². The first-order chi connectivity index (χ1) is 16.1. The molecule has 0 spiro atoms. The first-order valence-corrected chi connectivity index (χ1v) is 14.3. The minimum atomic E-state index is -0.362. The lowest BCUT2D eigenvalue weighted by Gasteiger charge is -2.70. The molecule has 8 atom stereocenters. The minimum Gasteiger partial charge on any atom is -0.516 e. The lowest BCUT2D eigenvalue weighted by molar-refractivity contribution is -0.209. The second kappa shape index (κ2) is 7.49. The Morgan fingerprint density at radius 1 is 0.971 bits per heavy atom. The molecule has 0 aromatic heterocycles. The number of fused-ring (bicyclic) bond motifs is 5. The smallest absolute Gasteiger partial charge is 0.139 e. The molecule has 35 heavy (non-hydrogen) atoms. The predicted molar refractivity (Wildman–Crippen MR) is 142 cm³/mol. The van der Waals surface area contributed by atoms with Crippen molar-refractivity contribution in [2.24, 2.45) is 45.3 Å². The van der Waals surface area contributed by atoms with Crippen LogP contribution < -0.4 is 0 Å². The van der Waals surface area contributed by atoms with E-state index >= 15 is 0 Å². The standard InChI is InChI=1S/C32H50O3/c1-20-18-31(8)23(29(6)15-12-24(34)28(4,5)26(20)29)17-21(19-33)25-22(11-16-30(25,31)7)32(9)14-10-13-27(2,3)35-32/h19,22-23,25-26,33H,1,10-18H2,2-9H3/b21-19+/t22-,23?,25?,26?,29+,30+,31+,32+/m0/s1. The Hall–Kier alpha value is -1.09. The number of rotatable bonds is 1. The molecule has 4 aliphatic carbocycles. The van der Waals surface area contributed by atoms with Crippen molar-refractivity contribution >= 4 is 5.78 Å². The summed E-state index contributed by atoms with van der Waals surface area (Å²) in [7, 11) is 0. The van der Waals surface area contributed by atoms with E-state index in [2.05, 4.69) is 55.4 Å². The first-order valence-electron chi connectivity index (χ1n) is 14.3. The highest BCUT2D eigenvalue weighted by atomic mass is 16.5. The highest BCUT2D eigenvalue weighted by Crippen LogP contribution is 2.77. The zero-order chi connectivity index (χ0) is 25.8. The van der Waals surface area contributed by atoms with Crippen molar-refractivity contribution in [3.8, 4) is 0 Å². The van der Waals surface area contributed by atoms with Gasteiger partial charge in [-0.1, -0.05) is 46.8 Å². The van der Waals surface area contributed by atoms with Crippen LogP contribution in [0, 0.1) is 45.3 Å². The zero-order valence-electron chi connectivity index (χ0n) is 23.7. The van der Waals surface area contributed by atoms with Gasteiger partial charge in [-0.2, -0.15) is 0 Å². The van der Waals surface area contributed by atoms with Crippen LogP contribution in [0.5, 0.6) is 0 Å². The zero-order valence-corrected chi connectivity index (χ0v) is 23.7. The maximum absolute atomic E-state index is 13.1. The van der Waals surface area contributed by atoms with E-state index in [0.29, 0.717) is 30.0 Å². The van der Waals surface area contributed by atoms with Crippen molar-refractivity contribution in [1.82, 2.24) is 0 Å². The molecule has 1 saturated heterocycles. The summed E-state index contributed by atoms with van der Waals surface area (Å²) in [4.78, 5) is 13.1. The fourth-order valence-electron chi connectivity index (χ4n) is 11.2. The molecule has 3 heteroatoms. The lowest BCUT2D eigenvalue weighted by atomic mass is 9.34. The second-order valence-electron chi connectivity index (χ2n) is 15.4.